The smallest absolute Gasteiger partial charge is 0.394 e. The van der Waals surface area contributed by atoms with Crippen LogP contribution in [-0.4, -0.2) is 24.4 Å². The minimum absolute atomic E-state index is 0.753. The number of azide groups is 1. The Bertz CT molecular complexity index is 162. The summed E-state index contributed by atoms with van der Waals surface area (Å²) in [7, 11) is 0. The van der Waals surface area contributed by atoms with Crippen LogP contribution in [0.15, 0.2) is 5.11 Å². The molecule has 0 aromatic carbocycles. The lowest BCUT2D eigenvalue weighted by Gasteiger charge is -2.14. The summed E-state index contributed by atoms with van der Waals surface area (Å²) in [5.41, 5.74) is 7.69. The number of halogens is 3. The Morgan fingerprint density at radius 1 is 1.55 bits per heavy atom. The Morgan fingerprint density at radius 3 is 2.36 bits per heavy atom. The fourth-order valence-corrected chi connectivity index (χ4v) is 0.400. The van der Waals surface area contributed by atoms with Gasteiger partial charge in [0.2, 0.25) is 0 Å². The molecule has 64 valence electrons. The molecular formula is C4H6F3N3O. The lowest BCUT2D eigenvalue weighted by Crippen LogP contribution is -2.28. The van der Waals surface area contributed by atoms with Gasteiger partial charge in [0, 0.05) is 11.5 Å². The summed E-state index contributed by atoms with van der Waals surface area (Å²) >= 11 is 0. The van der Waals surface area contributed by atoms with Gasteiger partial charge in [0.1, 0.15) is 0 Å². The minimum atomic E-state index is -4.50. The van der Waals surface area contributed by atoms with Crippen LogP contribution in [0.2, 0.25) is 0 Å². The molecule has 0 aromatic rings. The normalized spacial score (nSPS) is 13.8. The molecule has 1 N–H and O–H groups in total. The van der Waals surface area contributed by atoms with Gasteiger partial charge in [-0.2, -0.15) is 13.2 Å². The van der Waals surface area contributed by atoms with Crippen LogP contribution in [0.5, 0.6) is 0 Å². The fraction of sp³-hybridized carbons (Fsp3) is 1.00. The molecule has 11 heavy (non-hydrogen) atoms. The molecule has 0 rings (SSSR count). The van der Waals surface area contributed by atoms with Crippen LogP contribution < -0.4 is 0 Å². The zero-order valence-corrected chi connectivity index (χ0v) is 5.41. The maximum absolute atomic E-state index is 11.7. The zero-order chi connectivity index (χ0) is 8.91. The zero-order valence-electron chi connectivity index (χ0n) is 5.41. The Labute approximate surface area is 60.3 Å². The largest absolute Gasteiger partial charge is 0.396 e. The van der Waals surface area contributed by atoms with E-state index >= 15 is 0 Å². The molecule has 0 fully saturated rings. The summed E-state index contributed by atoms with van der Waals surface area (Å²) in [6, 6.07) is 0. The second-order valence-electron chi connectivity index (χ2n) is 1.83. The molecule has 0 saturated heterocycles. The summed E-state index contributed by atoms with van der Waals surface area (Å²) in [6.45, 7) is -1.81. The van der Waals surface area contributed by atoms with Gasteiger partial charge in [0.25, 0.3) is 0 Å². The van der Waals surface area contributed by atoms with Crippen molar-refractivity contribution in [2.24, 2.45) is 11.0 Å². The van der Waals surface area contributed by atoms with Gasteiger partial charge in [0.15, 0.2) is 0 Å². The van der Waals surface area contributed by atoms with Crippen molar-refractivity contribution >= 4 is 0 Å². The predicted molar refractivity (Wildman–Crippen MR) is 30.6 cm³/mol. The molecule has 0 radical (unpaired) electrons. The number of alkyl halides is 3. The maximum atomic E-state index is 11.7. The van der Waals surface area contributed by atoms with E-state index in [0.717, 1.165) is 0 Å². The maximum Gasteiger partial charge on any atom is 0.394 e. The van der Waals surface area contributed by atoms with Crippen molar-refractivity contribution in [3.63, 3.8) is 0 Å². The summed E-state index contributed by atoms with van der Waals surface area (Å²) in [6.07, 6.45) is -4.50. The average molecular weight is 169 g/mol. The molecule has 0 bridgehead atoms. The second kappa shape index (κ2) is 4.05. The number of hydrogen-bond donors (Lipinski definition) is 1. The first-order valence-corrected chi connectivity index (χ1v) is 2.70. The SMILES string of the molecule is [N-]=[N+]=NCC(CO)C(F)(F)F. The van der Waals surface area contributed by atoms with E-state index in [1.807, 2.05) is 0 Å². The first-order chi connectivity index (χ1) is 5.02. The van der Waals surface area contributed by atoms with Gasteiger partial charge in [-0.05, 0) is 5.53 Å². The van der Waals surface area contributed by atoms with E-state index in [1.165, 1.54) is 0 Å². The number of aliphatic hydroxyl groups excluding tert-OH is 1. The van der Waals surface area contributed by atoms with Crippen molar-refractivity contribution < 1.29 is 18.3 Å². The number of aliphatic hydroxyl groups is 1. The first kappa shape index (κ1) is 10.1. The standard InChI is InChI=1S/C4H6F3N3O/c5-4(6,7)3(2-11)1-9-10-8/h3,11H,1-2H2. The van der Waals surface area contributed by atoms with Crippen LogP contribution in [0.3, 0.4) is 0 Å². The van der Waals surface area contributed by atoms with Crippen molar-refractivity contribution in [2.75, 3.05) is 13.2 Å². The van der Waals surface area contributed by atoms with E-state index in [1.54, 1.807) is 0 Å². The van der Waals surface area contributed by atoms with E-state index in [-0.39, 0.29) is 0 Å². The number of nitrogens with zero attached hydrogens (tertiary/aromatic N) is 3. The van der Waals surface area contributed by atoms with E-state index in [2.05, 4.69) is 10.0 Å². The highest BCUT2D eigenvalue weighted by atomic mass is 19.4. The quantitative estimate of drug-likeness (QED) is 0.388. The molecule has 4 nitrogen and oxygen atoms in total. The molecule has 0 spiro atoms. The van der Waals surface area contributed by atoms with Gasteiger partial charge in [-0.15, -0.1) is 0 Å². The van der Waals surface area contributed by atoms with Gasteiger partial charge < -0.3 is 5.11 Å². The van der Waals surface area contributed by atoms with E-state index in [4.69, 9.17) is 10.6 Å². The average Bonchev–Trinajstić information content (AvgIpc) is 1.87. The van der Waals surface area contributed by atoms with Crippen LogP contribution >= 0.6 is 0 Å². The highest BCUT2D eigenvalue weighted by Crippen LogP contribution is 2.25. The second-order valence-corrected chi connectivity index (χ2v) is 1.83. The Kier molecular flexibility index (Phi) is 3.70. The van der Waals surface area contributed by atoms with Gasteiger partial charge in [-0.1, -0.05) is 5.11 Å². The van der Waals surface area contributed by atoms with Crippen LogP contribution in [0.1, 0.15) is 0 Å². The van der Waals surface area contributed by atoms with E-state index in [0.29, 0.717) is 0 Å². The van der Waals surface area contributed by atoms with E-state index < -0.39 is 25.2 Å². The summed E-state index contributed by atoms with van der Waals surface area (Å²) in [5.74, 6) is -1.95. The third-order valence-corrected chi connectivity index (χ3v) is 1.05. The monoisotopic (exact) mass is 169 g/mol. The van der Waals surface area contributed by atoms with Gasteiger partial charge in [-0.25, -0.2) is 0 Å². The van der Waals surface area contributed by atoms with Gasteiger partial charge >= 0.3 is 6.18 Å². The molecule has 0 amide bonds. The Hall–Kier alpha value is -0.940. The molecule has 7 heteroatoms. The van der Waals surface area contributed by atoms with Crippen molar-refractivity contribution in [1.82, 2.24) is 0 Å². The summed E-state index contributed by atoms with van der Waals surface area (Å²) in [5, 5.41) is 10.9. The van der Waals surface area contributed by atoms with Crippen LogP contribution in [0, 0.1) is 5.92 Å². The Balaban J connectivity index is 4.06. The summed E-state index contributed by atoms with van der Waals surface area (Å²) < 4.78 is 35.1. The topological polar surface area (TPSA) is 69.0 Å². The molecule has 0 aliphatic carbocycles. The van der Waals surface area contributed by atoms with Gasteiger partial charge in [-0.3, -0.25) is 0 Å². The molecule has 0 heterocycles. The van der Waals surface area contributed by atoms with Crippen LogP contribution in [0.25, 0.3) is 10.4 Å². The van der Waals surface area contributed by atoms with Crippen molar-refractivity contribution in [2.45, 2.75) is 6.18 Å². The molecule has 1 atom stereocenters. The molecule has 0 aliphatic heterocycles. The molecule has 0 aromatic heterocycles. The van der Waals surface area contributed by atoms with Crippen molar-refractivity contribution in [3.8, 4) is 0 Å². The third kappa shape index (κ3) is 3.69. The molecule has 0 aliphatic rings. The van der Waals surface area contributed by atoms with Gasteiger partial charge in [0.05, 0.1) is 12.5 Å². The third-order valence-electron chi connectivity index (χ3n) is 1.05. The highest BCUT2D eigenvalue weighted by Gasteiger charge is 2.38. The fourth-order valence-electron chi connectivity index (χ4n) is 0.400. The van der Waals surface area contributed by atoms with Crippen LogP contribution in [0.4, 0.5) is 13.2 Å². The predicted octanol–water partition coefficient (Wildman–Crippen LogP) is 1.47. The number of rotatable bonds is 3. The molecule has 0 saturated carbocycles. The lowest BCUT2D eigenvalue weighted by atomic mass is 10.1. The summed E-state index contributed by atoms with van der Waals surface area (Å²) in [4.78, 5) is 2.15. The number of hydrogen-bond acceptors (Lipinski definition) is 2. The van der Waals surface area contributed by atoms with E-state index in [9.17, 15) is 13.2 Å². The van der Waals surface area contributed by atoms with Crippen molar-refractivity contribution in [3.05, 3.63) is 10.4 Å². The molecule has 1 unspecified atom stereocenters. The Morgan fingerprint density at radius 2 is 2.09 bits per heavy atom. The minimum Gasteiger partial charge on any atom is -0.396 e. The van der Waals surface area contributed by atoms with Crippen molar-refractivity contribution in [1.29, 1.82) is 0 Å². The highest BCUT2D eigenvalue weighted by molar-refractivity contribution is 4.68. The molecular weight excluding hydrogens is 163 g/mol. The first-order valence-electron chi connectivity index (χ1n) is 2.70. The lowest BCUT2D eigenvalue weighted by molar-refractivity contribution is -0.180. The van der Waals surface area contributed by atoms with Crippen LogP contribution in [-0.2, 0) is 0 Å².